The van der Waals surface area contributed by atoms with Crippen molar-refractivity contribution in [2.24, 2.45) is 0 Å². The van der Waals surface area contributed by atoms with E-state index in [1.807, 2.05) is 0 Å². The summed E-state index contributed by atoms with van der Waals surface area (Å²) in [7, 11) is 4.30. The van der Waals surface area contributed by atoms with Crippen LogP contribution in [0.4, 0.5) is 0 Å². The van der Waals surface area contributed by atoms with Gasteiger partial charge in [0, 0.05) is 12.0 Å². The zero-order chi connectivity index (χ0) is 13.7. The van der Waals surface area contributed by atoms with Gasteiger partial charge >= 0.3 is 0 Å². The molecule has 0 fully saturated rings. The molecule has 1 unspecified atom stereocenters. The Morgan fingerprint density at radius 3 is 1.55 bits per heavy atom. The molecular formula is C18H24BrN. The molecule has 0 saturated carbocycles. The van der Waals surface area contributed by atoms with E-state index in [1.165, 1.54) is 11.1 Å². The monoisotopic (exact) mass is 333 g/mol. The lowest BCUT2D eigenvalue weighted by molar-refractivity contribution is 0.290. The fourth-order valence-electron chi connectivity index (χ4n) is 2.39. The van der Waals surface area contributed by atoms with E-state index in [0.717, 1.165) is 6.42 Å². The molecule has 0 aromatic heterocycles. The molecule has 2 aromatic rings. The van der Waals surface area contributed by atoms with Crippen molar-refractivity contribution in [3.05, 3.63) is 71.8 Å². The van der Waals surface area contributed by atoms with Crippen molar-refractivity contribution >= 4 is 17.0 Å². The number of rotatable bonds is 5. The highest BCUT2D eigenvalue weighted by molar-refractivity contribution is 8.93. The van der Waals surface area contributed by atoms with E-state index in [-0.39, 0.29) is 17.0 Å². The van der Waals surface area contributed by atoms with Gasteiger partial charge in [-0.05, 0) is 38.6 Å². The summed E-state index contributed by atoms with van der Waals surface area (Å²) in [6.45, 7) is 2.29. The molecule has 0 N–H and O–H groups in total. The third-order valence-corrected chi connectivity index (χ3v) is 3.86. The van der Waals surface area contributed by atoms with Gasteiger partial charge in [-0.15, -0.1) is 17.0 Å². The van der Waals surface area contributed by atoms with Crippen LogP contribution in [0.3, 0.4) is 0 Å². The van der Waals surface area contributed by atoms with Gasteiger partial charge in [0.2, 0.25) is 0 Å². The molecule has 0 spiro atoms. The van der Waals surface area contributed by atoms with Crippen LogP contribution in [0, 0.1) is 0 Å². The lowest BCUT2D eigenvalue weighted by Gasteiger charge is -2.26. The predicted octanol–water partition coefficient (Wildman–Crippen LogP) is 4.74. The highest BCUT2D eigenvalue weighted by atomic mass is 79.9. The minimum atomic E-state index is 0. The van der Waals surface area contributed by atoms with E-state index in [2.05, 4.69) is 86.6 Å². The van der Waals surface area contributed by atoms with Gasteiger partial charge in [0.15, 0.2) is 0 Å². The summed E-state index contributed by atoms with van der Waals surface area (Å²) in [5.74, 6) is 0.472. The van der Waals surface area contributed by atoms with Crippen molar-refractivity contribution in [1.82, 2.24) is 4.90 Å². The van der Waals surface area contributed by atoms with E-state index in [9.17, 15) is 0 Å². The van der Waals surface area contributed by atoms with Crippen molar-refractivity contribution in [2.45, 2.75) is 25.3 Å². The topological polar surface area (TPSA) is 3.24 Å². The first-order chi connectivity index (χ1) is 9.18. The second kappa shape index (κ2) is 8.23. The molecular weight excluding hydrogens is 310 g/mol. The third kappa shape index (κ3) is 4.46. The minimum absolute atomic E-state index is 0. The number of halogens is 1. The van der Waals surface area contributed by atoms with Crippen LogP contribution in [0.1, 0.15) is 30.4 Å². The lowest BCUT2D eigenvalue weighted by Crippen LogP contribution is -2.26. The maximum Gasteiger partial charge on any atom is 0.0104 e. The molecule has 108 valence electrons. The Bertz CT molecular complexity index is 442. The molecule has 1 nitrogen and oxygen atoms in total. The summed E-state index contributed by atoms with van der Waals surface area (Å²) < 4.78 is 0. The van der Waals surface area contributed by atoms with Gasteiger partial charge in [-0.25, -0.2) is 0 Å². The summed E-state index contributed by atoms with van der Waals surface area (Å²) >= 11 is 0. The number of hydrogen-bond donors (Lipinski definition) is 0. The molecule has 1 atom stereocenters. The lowest BCUT2D eigenvalue weighted by atomic mass is 9.86. The average Bonchev–Trinajstić information content (AvgIpc) is 2.46. The van der Waals surface area contributed by atoms with Crippen molar-refractivity contribution in [1.29, 1.82) is 0 Å². The molecule has 0 radical (unpaired) electrons. The van der Waals surface area contributed by atoms with Gasteiger partial charge < -0.3 is 4.90 Å². The van der Waals surface area contributed by atoms with E-state index < -0.39 is 0 Å². The smallest absolute Gasteiger partial charge is 0.0104 e. The summed E-state index contributed by atoms with van der Waals surface area (Å²) in [4.78, 5) is 2.29. The summed E-state index contributed by atoms with van der Waals surface area (Å²) in [5, 5.41) is 0. The molecule has 0 saturated heterocycles. The van der Waals surface area contributed by atoms with Crippen LogP contribution in [0.2, 0.25) is 0 Å². The van der Waals surface area contributed by atoms with Crippen LogP contribution >= 0.6 is 17.0 Å². The maximum atomic E-state index is 2.29. The zero-order valence-electron chi connectivity index (χ0n) is 12.5. The minimum Gasteiger partial charge on any atom is -0.307 e. The second-order valence-electron chi connectivity index (χ2n) is 5.42. The average molecular weight is 334 g/mol. The SMILES string of the molecule is Br.CC(CC(c1ccccc1)c1ccccc1)N(C)C. The molecule has 0 bridgehead atoms. The number of hydrogen-bond acceptors (Lipinski definition) is 1. The van der Waals surface area contributed by atoms with Gasteiger partial charge in [-0.1, -0.05) is 60.7 Å². The Hall–Kier alpha value is -1.12. The van der Waals surface area contributed by atoms with Crippen LogP contribution in [-0.2, 0) is 0 Å². The van der Waals surface area contributed by atoms with Gasteiger partial charge in [0.1, 0.15) is 0 Å². The number of nitrogens with zero attached hydrogens (tertiary/aromatic N) is 1. The van der Waals surface area contributed by atoms with Gasteiger partial charge in [0.25, 0.3) is 0 Å². The Balaban J connectivity index is 0.00000200. The maximum absolute atomic E-state index is 2.29. The van der Waals surface area contributed by atoms with E-state index in [0.29, 0.717) is 12.0 Å². The van der Waals surface area contributed by atoms with E-state index in [1.54, 1.807) is 0 Å². The highest BCUT2D eigenvalue weighted by Crippen LogP contribution is 2.29. The van der Waals surface area contributed by atoms with Crippen molar-refractivity contribution in [3.8, 4) is 0 Å². The van der Waals surface area contributed by atoms with Gasteiger partial charge in [-0.3, -0.25) is 0 Å². The predicted molar refractivity (Wildman–Crippen MR) is 92.8 cm³/mol. The molecule has 2 rings (SSSR count). The first-order valence-corrected chi connectivity index (χ1v) is 6.95. The van der Waals surface area contributed by atoms with Gasteiger partial charge in [0.05, 0.1) is 0 Å². The fourth-order valence-corrected chi connectivity index (χ4v) is 2.39. The quantitative estimate of drug-likeness (QED) is 0.764. The molecule has 20 heavy (non-hydrogen) atoms. The third-order valence-electron chi connectivity index (χ3n) is 3.86. The molecule has 0 aliphatic heterocycles. The molecule has 0 aliphatic rings. The molecule has 0 heterocycles. The Morgan fingerprint density at radius 1 is 0.800 bits per heavy atom. The normalized spacial score (nSPS) is 12.2. The standard InChI is InChI=1S/C18H23N.BrH/c1-15(19(2)3)14-18(16-10-6-4-7-11-16)17-12-8-5-9-13-17;/h4-13,15,18H,14H2,1-3H3;1H. The number of benzene rings is 2. The zero-order valence-corrected chi connectivity index (χ0v) is 14.2. The molecule has 0 aliphatic carbocycles. The van der Waals surface area contributed by atoms with Crippen molar-refractivity contribution < 1.29 is 0 Å². The van der Waals surface area contributed by atoms with Crippen LogP contribution in [0.15, 0.2) is 60.7 Å². The summed E-state index contributed by atoms with van der Waals surface area (Å²) in [6.07, 6.45) is 1.14. The van der Waals surface area contributed by atoms with Crippen molar-refractivity contribution in [2.75, 3.05) is 14.1 Å². The first-order valence-electron chi connectivity index (χ1n) is 6.95. The highest BCUT2D eigenvalue weighted by Gasteiger charge is 2.18. The molecule has 2 heteroatoms. The van der Waals surface area contributed by atoms with E-state index >= 15 is 0 Å². The first kappa shape index (κ1) is 16.9. The summed E-state index contributed by atoms with van der Waals surface area (Å²) in [6, 6.07) is 22.2. The Morgan fingerprint density at radius 2 is 1.20 bits per heavy atom. The second-order valence-corrected chi connectivity index (χ2v) is 5.42. The van der Waals surface area contributed by atoms with Gasteiger partial charge in [-0.2, -0.15) is 0 Å². The molecule has 2 aromatic carbocycles. The Labute approximate surface area is 133 Å². The fraction of sp³-hybridized carbons (Fsp3) is 0.333. The van der Waals surface area contributed by atoms with E-state index in [4.69, 9.17) is 0 Å². The summed E-state index contributed by atoms with van der Waals surface area (Å²) in [5.41, 5.74) is 2.81. The van der Waals surface area contributed by atoms with Crippen LogP contribution in [0.5, 0.6) is 0 Å². The van der Waals surface area contributed by atoms with Crippen LogP contribution in [-0.4, -0.2) is 25.0 Å². The molecule has 0 amide bonds. The van der Waals surface area contributed by atoms with Crippen LogP contribution in [0.25, 0.3) is 0 Å². The Kier molecular flexibility index (Phi) is 6.97. The largest absolute Gasteiger partial charge is 0.307 e. The van der Waals surface area contributed by atoms with Crippen molar-refractivity contribution in [3.63, 3.8) is 0 Å². The van der Waals surface area contributed by atoms with Crippen LogP contribution < -0.4 is 0 Å².